The van der Waals surface area contributed by atoms with Gasteiger partial charge >= 0.3 is 6.09 Å². The van der Waals surface area contributed by atoms with Crippen LogP contribution in [0, 0.1) is 0 Å². The largest absolute Gasteiger partial charge is 0.442 e. The van der Waals surface area contributed by atoms with Gasteiger partial charge in [-0.3, -0.25) is 4.79 Å². The molecule has 28 heavy (non-hydrogen) atoms. The maximum absolute atomic E-state index is 12.8. The predicted molar refractivity (Wildman–Crippen MR) is 108 cm³/mol. The number of imidazole rings is 1. The normalized spacial score (nSPS) is 12.4. The second kappa shape index (κ2) is 7.64. The Balaban J connectivity index is 2.08. The number of ketones is 1. The summed E-state index contributed by atoms with van der Waals surface area (Å²) in [5.74, 6) is -0.112. The summed E-state index contributed by atoms with van der Waals surface area (Å²) in [7, 11) is 1.80. The molecule has 0 spiro atoms. The van der Waals surface area contributed by atoms with Crippen molar-refractivity contribution in [2.24, 2.45) is 12.0 Å². The van der Waals surface area contributed by atoms with E-state index in [0.717, 1.165) is 11.0 Å². The average Bonchev–Trinajstić information content (AvgIpc) is 2.87. The fourth-order valence-electron chi connectivity index (χ4n) is 2.90. The van der Waals surface area contributed by atoms with Crippen molar-refractivity contribution in [3.8, 4) is 0 Å². The van der Waals surface area contributed by atoms with Gasteiger partial charge in [-0.25, -0.2) is 4.79 Å². The van der Waals surface area contributed by atoms with Crippen molar-refractivity contribution in [1.29, 1.82) is 0 Å². The van der Waals surface area contributed by atoms with Gasteiger partial charge in [-0.15, -0.1) is 4.99 Å². The van der Waals surface area contributed by atoms with E-state index in [1.165, 1.54) is 0 Å². The first kappa shape index (κ1) is 19.9. The van der Waals surface area contributed by atoms with Gasteiger partial charge in [0.1, 0.15) is 5.60 Å². The van der Waals surface area contributed by atoms with Crippen LogP contribution >= 0.6 is 11.6 Å². The Labute approximate surface area is 168 Å². The molecule has 3 rings (SSSR count). The second-order valence-corrected chi connectivity index (χ2v) is 7.89. The zero-order chi connectivity index (χ0) is 20.5. The number of Topliss-reactive ketones (excluding diaryl/α,β-unsaturated/α-hetero) is 1. The van der Waals surface area contributed by atoms with Crippen molar-refractivity contribution in [2.75, 3.05) is 0 Å². The third-order valence-corrected chi connectivity index (χ3v) is 4.38. The first-order valence-corrected chi connectivity index (χ1v) is 9.24. The van der Waals surface area contributed by atoms with Crippen LogP contribution in [0.2, 0.25) is 5.02 Å². The number of benzene rings is 2. The molecule has 1 heterocycles. The Kier molecular flexibility index (Phi) is 5.42. The van der Waals surface area contributed by atoms with E-state index in [2.05, 4.69) is 4.99 Å². The number of aryl methyl sites for hydroxylation is 1. The Hall–Kier alpha value is -2.86. The van der Waals surface area contributed by atoms with E-state index in [-0.39, 0.29) is 12.3 Å². The summed E-state index contributed by atoms with van der Waals surface area (Å²) >= 11 is 5.91. The van der Waals surface area contributed by atoms with Gasteiger partial charge in [0.15, 0.2) is 5.78 Å². The zero-order valence-electron chi connectivity index (χ0n) is 16.3. The predicted octanol–water partition coefficient (Wildman–Crippen LogP) is 4.35. The molecule has 0 aliphatic rings. The molecule has 0 aliphatic heterocycles. The van der Waals surface area contributed by atoms with Crippen LogP contribution in [0.3, 0.4) is 0 Å². The Morgan fingerprint density at radius 1 is 1.04 bits per heavy atom. The monoisotopic (exact) mass is 399 g/mol. The van der Waals surface area contributed by atoms with Crippen molar-refractivity contribution < 1.29 is 14.3 Å². The molecule has 146 valence electrons. The molecule has 3 aromatic rings. The highest BCUT2D eigenvalue weighted by Crippen LogP contribution is 2.15. The van der Waals surface area contributed by atoms with Gasteiger partial charge in [0.25, 0.3) is 0 Å². The number of fused-ring (bicyclic) bond motifs is 1. The lowest BCUT2D eigenvalue weighted by Crippen LogP contribution is -2.30. The molecule has 0 saturated carbocycles. The number of nitrogens with zero attached hydrogens (tertiary/aromatic N) is 3. The highest BCUT2D eigenvalue weighted by Gasteiger charge is 2.18. The summed E-state index contributed by atoms with van der Waals surface area (Å²) in [5, 5.41) is 0.565. The highest BCUT2D eigenvalue weighted by molar-refractivity contribution is 6.30. The van der Waals surface area contributed by atoms with Crippen LogP contribution in [0.1, 0.15) is 31.1 Å². The van der Waals surface area contributed by atoms with Crippen molar-refractivity contribution in [3.63, 3.8) is 0 Å². The minimum Gasteiger partial charge on any atom is -0.442 e. The first-order valence-electron chi connectivity index (χ1n) is 8.86. The summed E-state index contributed by atoms with van der Waals surface area (Å²) in [6.45, 7) is 5.37. The quantitative estimate of drug-likeness (QED) is 0.615. The lowest BCUT2D eigenvalue weighted by Gasteiger charge is -2.17. The molecule has 0 bridgehead atoms. The number of amides is 1. The van der Waals surface area contributed by atoms with Gasteiger partial charge in [0.05, 0.1) is 17.6 Å². The van der Waals surface area contributed by atoms with E-state index in [1.807, 2.05) is 24.3 Å². The van der Waals surface area contributed by atoms with Crippen molar-refractivity contribution in [2.45, 2.75) is 32.9 Å². The lowest BCUT2D eigenvalue weighted by molar-refractivity contribution is 0.0592. The van der Waals surface area contributed by atoms with E-state index in [1.54, 1.807) is 61.2 Å². The van der Waals surface area contributed by atoms with Gasteiger partial charge < -0.3 is 13.9 Å². The zero-order valence-corrected chi connectivity index (χ0v) is 17.0. The summed E-state index contributed by atoms with van der Waals surface area (Å²) < 4.78 is 8.81. The Bertz CT molecular complexity index is 1100. The third kappa shape index (κ3) is 4.34. The maximum Gasteiger partial charge on any atom is 0.437 e. The standard InChI is InChI=1S/C21H22ClN3O3/c1-21(2,3)28-20(27)23-19-24(4)16-7-5-6-8-17(16)25(19)13-18(26)14-9-11-15(22)12-10-14/h5-12H,13H2,1-4H3. The summed E-state index contributed by atoms with van der Waals surface area (Å²) in [5.41, 5.74) is 1.88. The average molecular weight is 400 g/mol. The Morgan fingerprint density at radius 3 is 2.25 bits per heavy atom. The first-order chi connectivity index (χ1) is 13.2. The van der Waals surface area contributed by atoms with Gasteiger partial charge in [-0.2, -0.15) is 0 Å². The molecule has 0 unspecified atom stereocenters. The van der Waals surface area contributed by atoms with E-state index in [4.69, 9.17) is 16.3 Å². The highest BCUT2D eigenvalue weighted by atomic mass is 35.5. The number of rotatable bonds is 3. The van der Waals surface area contributed by atoms with Crippen molar-refractivity contribution in [1.82, 2.24) is 9.13 Å². The number of hydrogen-bond acceptors (Lipinski definition) is 3. The van der Waals surface area contributed by atoms with Crippen LogP contribution in [-0.4, -0.2) is 26.6 Å². The minimum atomic E-state index is -0.703. The number of ether oxygens (including phenoxy) is 1. The molecule has 0 N–H and O–H groups in total. The van der Waals surface area contributed by atoms with Crippen LogP contribution < -0.4 is 5.62 Å². The van der Waals surface area contributed by atoms with E-state index < -0.39 is 11.7 Å². The van der Waals surface area contributed by atoms with Gasteiger partial charge in [-0.05, 0) is 57.2 Å². The molecule has 0 aliphatic carbocycles. The molecule has 0 atom stereocenters. The maximum atomic E-state index is 12.8. The Morgan fingerprint density at radius 2 is 1.64 bits per heavy atom. The number of halogens is 1. The summed E-state index contributed by atoms with van der Waals surface area (Å²) in [6, 6.07) is 14.3. The van der Waals surface area contributed by atoms with E-state index in [9.17, 15) is 9.59 Å². The van der Waals surface area contributed by atoms with E-state index in [0.29, 0.717) is 16.2 Å². The smallest absolute Gasteiger partial charge is 0.437 e. The van der Waals surface area contributed by atoms with Crippen LogP contribution in [0.15, 0.2) is 53.5 Å². The molecule has 2 aromatic carbocycles. The fourth-order valence-corrected chi connectivity index (χ4v) is 3.03. The number of aromatic nitrogens is 2. The van der Waals surface area contributed by atoms with Crippen LogP contribution in [0.25, 0.3) is 11.0 Å². The molecular formula is C21H22ClN3O3. The SMILES string of the molecule is Cn1c(=NC(=O)OC(C)(C)C)n(CC(=O)c2ccc(Cl)cc2)c2ccccc21. The second-order valence-electron chi connectivity index (χ2n) is 7.46. The van der Waals surface area contributed by atoms with Crippen molar-refractivity contribution in [3.05, 3.63) is 64.7 Å². The number of hydrogen-bond donors (Lipinski definition) is 0. The molecule has 0 saturated heterocycles. The van der Waals surface area contributed by atoms with Crippen molar-refractivity contribution >= 4 is 34.5 Å². The third-order valence-electron chi connectivity index (χ3n) is 4.13. The van der Waals surface area contributed by atoms with E-state index >= 15 is 0 Å². The molecule has 7 heteroatoms. The molecule has 1 aromatic heterocycles. The molecule has 6 nitrogen and oxygen atoms in total. The minimum absolute atomic E-state index is 0.0324. The van der Waals surface area contributed by atoms with Crippen LogP contribution in [0.4, 0.5) is 4.79 Å². The fraction of sp³-hybridized carbons (Fsp3) is 0.286. The summed E-state index contributed by atoms with van der Waals surface area (Å²) in [6.07, 6.45) is -0.703. The molecular weight excluding hydrogens is 378 g/mol. The van der Waals surface area contributed by atoms with Gasteiger partial charge in [0.2, 0.25) is 5.62 Å². The topological polar surface area (TPSA) is 65.6 Å². The number of carbonyl (C=O) groups excluding carboxylic acids is 2. The lowest BCUT2D eigenvalue weighted by atomic mass is 10.1. The van der Waals surface area contributed by atoms with Crippen LogP contribution in [0.5, 0.6) is 0 Å². The molecule has 1 amide bonds. The number of para-hydroxylation sites is 2. The van der Waals surface area contributed by atoms with Crippen LogP contribution in [-0.2, 0) is 18.3 Å². The van der Waals surface area contributed by atoms with Gasteiger partial charge in [0, 0.05) is 17.6 Å². The number of carbonyl (C=O) groups is 2. The molecule has 0 fully saturated rings. The van der Waals surface area contributed by atoms with Gasteiger partial charge in [-0.1, -0.05) is 23.7 Å². The molecule has 0 radical (unpaired) electrons. The summed E-state index contributed by atoms with van der Waals surface area (Å²) in [4.78, 5) is 29.2.